The molecule has 1 amide bonds. The SMILES string of the molecule is COCCNC(=O)Cn1c(=O)ncc2cc(S(=O)(=O)N3CCCC[C@@H]3C)ccc21. The van der Waals surface area contributed by atoms with Gasteiger partial charge in [-0.05, 0) is 38.0 Å². The smallest absolute Gasteiger partial charge is 0.348 e. The number of hydrogen-bond donors (Lipinski definition) is 1. The van der Waals surface area contributed by atoms with Crippen molar-refractivity contribution < 1.29 is 17.9 Å². The van der Waals surface area contributed by atoms with Crippen molar-refractivity contribution in [3.63, 3.8) is 0 Å². The molecule has 9 nitrogen and oxygen atoms in total. The number of rotatable bonds is 7. The van der Waals surface area contributed by atoms with E-state index in [4.69, 9.17) is 4.74 Å². The van der Waals surface area contributed by atoms with Crippen LogP contribution in [-0.4, -0.2) is 61.0 Å². The van der Waals surface area contributed by atoms with Crippen molar-refractivity contribution in [1.29, 1.82) is 0 Å². The van der Waals surface area contributed by atoms with Crippen molar-refractivity contribution in [2.45, 2.75) is 43.7 Å². The standard InChI is InChI=1S/C19H26N4O5S/c1-14-5-3-4-9-23(14)29(26,27)16-6-7-17-15(11-16)12-21-19(25)22(17)13-18(24)20-8-10-28-2/h6-7,11-12,14H,3-5,8-10,13H2,1-2H3,(H,20,24)/t14-/m0/s1. The zero-order valence-corrected chi connectivity index (χ0v) is 17.4. The maximum absolute atomic E-state index is 13.1. The Morgan fingerprint density at radius 3 is 2.86 bits per heavy atom. The van der Waals surface area contributed by atoms with E-state index >= 15 is 0 Å². The van der Waals surface area contributed by atoms with Gasteiger partial charge in [-0.1, -0.05) is 6.42 Å². The number of carbonyl (C=O) groups is 1. The molecule has 2 heterocycles. The second-order valence-corrected chi connectivity index (χ2v) is 9.04. The van der Waals surface area contributed by atoms with Crippen LogP contribution in [0, 0.1) is 0 Å². The van der Waals surface area contributed by atoms with Gasteiger partial charge in [0.2, 0.25) is 15.9 Å². The summed E-state index contributed by atoms with van der Waals surface area (Å²) in [5.74, 6) is -0.350. The summed E-state index contributed by atoms with van der Waals surface area (Å²) in [6.45, 7) is 2.91. The van der Waals surface area contributed by atoms with Crippen molar-refractivity contribution >= 4 is 26.8 Å². The van der Waals surface area contributed by atoms with Gasteiger partial charge in [-0.3, -0.25) is 9.36 Å². The van der Waals surface area contributed by atoms with E-state index in [0.29, 0.717) is 30.6 Å². The molecule has 0 bridgehead atoms. The van der Waals surface area contributed by atoms with Crippen molar-refractivity contribution in [2.24, 2.45) is 0 Å². The summed E-state index contributed by atoms with van der Waals surface area (Å²) in [5.41, 5.74) is -0.114. The van der Waals surface area contributed by atoms with Gasteiger partial charge in [0.1, 0.15) is 6.54 Å². The first-order chi connectivity index (χ1) is 13.8. The Balaban J connectivity index is 1.92. The highest BCUT2D eigenvalue weighted by Crippen LogP contribution is 2.26. The van der Waals surface area contributed by atoms with Gasteiger partial charge in [-0.15, -0.1) is 0 Å². The molecule has 1 N–H and O–H groups in total. The third-order valence-electron chi connectivity index (χ3n) is 5.11. The van der Waals surface area contributed by atoms with E-state index in [1.807, 2.05) is 6.92 Å². The minimum atomic E-state index is -3.64. The normalized spacial score (nSPS) is 18.1. The fraction of sp³-hybridized carbons (Fsp3) is 0.526. The summed E-state index contributed by atoms with van der Waals surface area (Å²) in [6.07, 6.45) is 4.05. The first-order valence-electron chi connectivity index (χ1n) is 9.61. The Morgan fingerprint density at radius 2 is 2.14 bits per heavy atom. The molecular weight excluding hydrogens is 396 g/mol. The van der Waals surface area contributed by atoms with E-state index in [2.05, 4.69) is 10.3 Å². The highest BCUT2D eigenvalue weighted by Gasteiger charge is 2.31. The number of carbonyl (C=O) groups excluding carboxylic acids is 1. The number of hydrogen-bond acceptors (Lipinski definition) is 6. The van der Waals surface area contributed by atoms with Crippen LogP contribution in [0.1, 0.15) is 26.2 Å². The van der Waals surface area contributed by atoms with Gasteiger partial charge in [0.25, 0.3) is 0 Å². The number of sulfonamides is 1. The van der Waals surface area contributed by atoms with Gasteiger partial charge >= 0.3 is 5.69 Å². The van der Waals surface area contributed by atoms with E-state index in [1.165, 1.54) is 34.3 Å². The van der Waals surface area contributed by atoms with E-state index in [9.17, 15) is 18.0 Å². The Kier molecular flexibility index (Phi) is 6.66. The Bertz CT molecular complexity index is 1050. The van der Waals surface area contributed by atoms with Gasteiger partial charge in [0.05, 0.1) is 17.0 Å². The molecule has 10 heteroatoms. The molecule has 158 valence electrons. The maximum Gasteiger partial charge on any atom is 0.348 e. The molecule has 1 saturated heterocycles. The quantitative estimate of drug-likeness (QED) is 0.659. The molecule has 0 spiro atoms. The highest BCUT2D eigenvalue weighted by atomic mass is 32.2. The number of aromatic nitrogens is 2. The molecule has 1 atom stereocenters. The predicted octanol–water partition coefficient (Wildman–Crippen LogP) is 0.722. The molecule has 0 unspecified atom stereocenters. The average Bonchev–Trinajstić information content (AvgIpc) is 2.70. The first-order valence-corrected chi connectivity index (χ1v) is 11.1. The number of methoxy groups -OCH3 is 1. The monoisotopic (exact) mass is 422 g/mol. The second kappa shape index (κ2) is 9.02. The van der Waals surface area contributed by atoms with Crippen molar-refractivity contribution in [2.75, 3.05) is 26.8 Å². The average molecular weight is 423 g/mol. The molecule has 1 aliphatic rings. The molecule has 29 heavy (non-hydrogen) atoms. The summed E-state index contributed by atoms with van der Waals surface area (Å²) in [5, 5.41) is 3.14. The largest absolute Gasteiger partial charge is 0.383 e. The summed E-state index contributed by atoms with van der Waals surface area (Å²) < 4.78 is 33.8. The lowest BCUT2D eigenvalue weighted by molar-refractivity contribution is -0.121. The molecule has 1 aromatic carbocycles. The van der Waals surface area contributed by atoms with E-state index < -0.39 is 15.7 Å². The summed E-state index contributed by atoms with van der Waals surface area (Å²) >= 11 is 0. The van der Waals surface area contributed by atoms with Crippen molar-refractivity contribution in [3.8, 4) is 0 Å². The highest BCUT2D eigenvalue weighted by molar-refractivity contribution is 7.89. The van der Waals surface area contributed by atoms with Crippen molar-refractivity contribution in [1.82, 2.24) is 19.2 Å². The predicted molar refractivity (Wildman–Crippen MR) is 108 cm³/mol. The van der Waals surface area contributed by atoms with Crippen LogP contribution in [0.15, 0.2) is 34.1 Å². The molecule has 2 aromatic rings. The Labute approximate surface area is 169 Å². The lowest BCUT2D eigenvalue weighted by atomic mass is 10.1. The molecular formula is C19H26N4O5S. The van der Waals surface area contributed by atoms with Crippen molar-refractivity contribution in [3.05, 3.63) is 34.9 Å². The maximum atomic E-state index is 13.1. The number of piperidine rings is 1. The lowest BCUT2D eigenvalue weighted by Gasteiger charge is -2.32. The summed E-state index contributed by atoms with van der Waals surface area (Å²) in [4.78, 5) is 28.3. The van der Waals surface area contributed by atoms with E-state index in [1.54, 1.807) is 6.07 Å². The Morgan fingerprint density at radius 1 is 1.34 bits per heavy atom. The third kappa shape index (κ3) is 4.65. The van der Waals surface area contributed by atoms with Crippen LogP contribution in [0.3, 0.4) is 0 Å². The van der Waals surface area contributed by atoms with Gasteiger partial charge in [0.15, 0.2) is 0 Å². The van der Waals surface area contributed by atoms with E-state index in [-0.39, 0.29) is 23.4 Å². The topological polar surface area (TPSA) is 111 Å². The minimum Gasteiger partial charge on any atom is -0.383 e. The number of fused-ring (bicyclic) bond motifs is 1. The van der Waals surface area contributed by atoms with Crippen LogP contribution in [0.5, 0.6) is 0 Å². The van der Waals surface area contributed by atoms with Crippen LogP contribution in [0.2, 0.25) is 0 Å². The van der Waals surface area contributed by atoms with Crippen LogP contribution in [0.4, 0.5) is 0 Å². The number of nitrogens with one attached hydrogen (secondary N) is 1. The summed E-state index contributed by atoms with van der Waals surface area (Å²) in [6, 6.07) is 4.50. The van der Waals surface area contributed by atoms with Gasteiger partial charge < -0.3 is 10.1 Å². The van der Waals surface area contributed by atoms with Crippen LogP contribution in [-0.2, 0) is 26.1 Å². The van der Waals surface area contributed by atoms with Gasteiger partial charge in [-0.2, -0.15) is 4.31 Å². The molecule has 0 aliphatic carbocycles. The number of amides is 1. The van der Waals surface area contributed by atoms with Crippen LogP contribution >= 0.6 is 0 Å². The zero-order valence-electron chi connectivity index (χ0n) is 16.6. The molecule has 1 aliphatic heterocycles. The Hall–Kier alpha value is -2.30. The third-order valence-corrected chi connectivity index (χ3v) is 7.12. The molecule has 0 radical (unpaired) electrons. The fourth-order valence-corrected chi connectivity index (χ4v) is 5.28. The van der Waals surface area contributed by atoms with Crippen LogP contribution in [0.25, 0.3) is 10.9 Å². The molecule has 1 aromatic heterocycles. The lowest BCUT2D eigenvalue weighted by Crippen LogP contribution is -2.41. The fourth-order valence-electron chi connectivity index (χ4n) is 3.55. The van der Waals surface area contributed by atoms with Gasteiger partial charge in [0, 0.05) is 37.8 Å². The van der Waals surface area contributed by atoms with E-state index in [0.717, 1.165) is 19.3 Å². The number of benzene rings is 1. The van der Waals surface area contributed by atoms with Crippen LogP contribution < -0.4 is 11.0 Å². The number of ether oxygens (including phenoxy) is 1. The minimum absolute atomic E-state index is 0.0488. The molecule has 3 rings (SSSR count). The number of nitrogens with zero attached hydrogens (tertiary/aromatic N) is 3. The summed E-state index contributed by atoms with van der Waals surface area (Å²) in [7, 11) is -2.11. The second-order valence-electron chi connectivity index (χ2n) is 7.15. The molecule has 0 saturated carbocycles. The molecule has 1 fully saturated rings. The zero-order chi connectivity index (χ0) is 21.0. The van der Waals surface area contributed by atoms with Gasteiger partial charge in [-0.25, -0.2) is 18.2 Å². The first kappa shape index (κ1) is 21.4.